The zero-order valence-electron chi connectivity index (χ0n) is 8.06. The largest absolute Gasteiger partial charge is 0.348 e. The normalized spacial score (nSPS) is 15.5. The summed E-state index contributed by atoms with van der Waals surface area (Å²) >= 11 is 4.85. The molecule has 0 atom stereocenters. The van der Waals surface area contributed by atoms with Gasteiger partial charge in [0.2, 0.25) is 0 Å². The van der Waals surface area contributed by atoms with E-state index < -0.39 is 0 Å². The van der Waals surface area contributed by atoms with E-state index in [9.17, 15) is 0 Å². The number of hydrogen-bond acceptors (Lipinski definition) is 3. The first-order valence-corrected chi connectivity index (χ1v) is 5.36. The van der Waals surface area contributed by atoms with Gasteiger partial charge in [-0.2, -0.15) is 4.98 Å². The number of nitrogens with zero attached hydrogens (tertiary/aromatic N) is 1. The average Bonchev–Trinajstić information content (AvgIpc) is 2.82. The van der Waals surface area contributed by atoms with E-state index in [1.807, 2.05) is 0 Å². The van der Waals surface area contributed by atoms with Gasteiger partial charge in [-0.3, -0.25) is 0 Å². The summed E-state index contributed by atoms with van der Waals surface area (Å²) in [6.45, 7) is 0. The molecule has 3 rings (SSSR count). The van der Waals surface area contributed by atoms with Gasteiger partial charge in [-0.15, -0.1) is 0 Å². The third kappa shape index (κ3) is 1.51. The summed E-state index contributed by atoms with van der Waals surface area (Å²) in [5, 5.41) is 2.79. The maximum atomic E-state index is 4.95. The van der Waals surface area contributed by atoms with Crippen LogP contribution in [0.25, 0.3) is 0 Å². The molecule has 3 nitrogen and oxygen atoms in total. The minimum absolute atomic E-state index is 0.293. The summed E-state index contributed by atoms with van der Waals surface area (Å²) in [7, 11) is 0. The molecule has 1 aromatic carbocycles. The van der Waals surface area contributed by atoms with Crippen molar-refractivity contribution in [3.8, 4) is 0 Å². The number of rotatable bonds is 1. The quantitative estimate of drug-likeness (QED) is 0.748. The molecule has 0 amide bonds. The smallest absolute Gasteiger partial charge is 0.314 e. The Morgan fingerprint density at radius 1 is 1.27 bits per heavy atom. The van der Waals surface area contributed by atoms with E-state index in [4.69, 9.17) is 16.7 Å². The van der Waals surface area contributed by atoms with Gasteiger partial charge < -0.3 is 4.52 Å². The molecular formula is C11H10N2OS. The van der Waals surface area contributed by atoms with Crippen molar-refractivity contribution in [2.24, 2.45) is 0 Å². The Hall–Kier alpha value is -1.42. The van der Waals surface area contributed by atoms with Crippen LogP contribution in [-0.4, -0.2) is 10.1 Å². The monoisotopic (exact) mass is 218 g/mol. The van der Waals surface area contributed by atoms with Crippen LogP contribution in [-0.2, 0) is 12.8 Å². The molecule has 2 aromatic rings. The summed E-state index contributed by atoms with van der Waals surface area (Å²) < 4.78 is 4.95. The molecule has 0 unspecified atom stereocenters. The van der Waals surface area contributed by atoms with Crippen LogP contribution in [0.3, 0.4) is 0 Å². The second-order valence-electron chi connectivity index (χ2n) is 3.84. The summed E-state index contributed by atoms with van der Waals surface area (Å²) in [6.07, 6.45) is 2.04. The van der Waals surface area contributed by atoms with Crippen LogP contribution in [0.4, 0.5) is 0 Å². The summed E-state index contributed by atoms with van der Waals surface area (Å²) in [5.74, 6) is 1.26. The van der Waals surface area contributed by atoms with Gasteiger partial charge in [0, 0.05) is 5.92 Å². The van der Waals surface area contributed by atoms with Crippen LogP contribution < -0.4 is 0 Å². The molecule has 0 bridgehead atoms. The fraction of sp³-hybridized carbons (Fsp3) is 0.273. The number of aromatic amines is 1. The Labute approximate surface area is 92.1 Å². The van der Waals surface area contributed by atoms with Crippen LogP contribution in [0.15, 0.2) is 28.8 Å². The van der Waals surface area contributed by atoms with Crippen molar-refractivity contribution in [1.29, 1.82) is 0 Å². The summed E-state index contributed by atoms with van der Waals surface area (Å²) in [5.41, 5.74) is 2.81. The molecule has 0 aliphatic heterocycles. The van der Waals surface area contributed by atoms with Gasteiger partial charge in [0.15, 0.2) is 0 Å². The zero-order chi connectivity index (χ0) is 10.3. The van der Waals surface area contributed by atoms with E-state index in [1.54, 1.807) is 0 Å². The van der Waals surface area contributed by atoms with Crippen LogP contribution in [0.2, 0.25) is 0 Å². The molecule has 0 saturated heterocycles. The van der Waals surface area contributed by atoms with Gasteiger partial charge in [-0.05, 0) is 36.2 Å². The standard InChI is InChI=1S/C11H10N2OS/c15-11-12-10(13-14-11)9-5-7-3-1-2-4-8(7)6-9/h1-4,9H,5-6H2,(H,12,13,15). The second kappa shape index (κ2) is 3.31. The Morgan fingerprint density at radius 3 is 2.47 bits per heavy atom. The zero-order valence-corrected chi connectivity index (χ0v) is 8.88. The Bertz CT molecular complexity index is 518. The topological polar surface area (TPSA) is 41.8 Å². The van der Waals surface area contributed by atoms with E-state index in [1.165, 1.54) is 11.1 Å². The van der Waals surface area contributed by atoms with E-state index in [0.717, 1.165) is 18.7 Å². The van der Waals surface area contributed by atoms with Crippen LogP contribution in [0.1, 0.15) is 22.9 Å². The first-order chi connectivity index (χ1) is 7.33. The lowest BCUT2D eigenvalue weighted by Gasteiger charge is -2.01. The van der Waals surface area contributed by atoms with Crippen LogP contribution >= 0.6 is 12.2 Å². The number of fused-ring (bicyclic) bond motifs is 1. The maximum absolute atomic E-state index is 4.95. The fourth-order valence-electron chi connectivity index (χ4n) is 2.17. The van der Waals surface area contributed by atoms with Gasteiger partial charge in [-0.25, -0.2) is 5.16 Å². The third-order valence-electron chi connectivity index (χ3n) is 2.89. The first-order valence-electron chi connectivity index (χ1n) is 4.95. The molecule has 1 N–H and O–H groups in total. The predicted molar refractivity (Wildman–Crippen MR) is 58.3 cm³/mol. The highest BCUT2D eigenvalue weighted by molar-refractivity contribution is 7.71. The number of benzene rings is 1. The van der Waals surface area contributed by atoms with Gasteiger partial charge >= 0.3 is 4.84 Å². The number of aromatic nitrogens is 2. The molecule has 0 radical (unpaired) electrons. The lowest BCUT2D eigenvalue weighted by molar-refractivity contribution is 0.393. The maximum Gasteiger partial charge on any atom is 0.314 e. The minimum atomic E-state index is 0.293. The number of nitrogens with one attached hydrogen (secondary N) is 1. The highest BCUT2D eigenvalue weighted by Gasteiger charge is 2.24. The molecule has 0 spiro atoms. The van der Waals surface area contributed by atoms with E-state index >= 15 is 0 Å². The van der Waals surface area contributed by atoms with E-state index in [0.29, 0.717) is 10.8 Å². The lowest BCUT2D eigenvalue weighted by Crippen LogP contribution is -1.99. The van der Waals surface area contributed by atoms with Crippen LogP contribution in [0, 0.1) is 4.84 Å². The molecule has 0 saturated carbocycles. The molecule has 76 valence electrons. The van der Waals surface area contributed by atoms with E-state index in [2.05, 4.69) is 34.4 Å². The molecule has 4 heteroatoms. The number of H-pyrrole nitrogens is 1. The summed E-state index contributed by atoms with van der Waals surface area (Å²) in [4.78, 5) is 4.46. The van der Waals surface area contributed by atoms with Gasteiger partial charge in [0.25, 0.3) is 0 Å². The molecular weight excluding hydrogens is 208 g/mol. The molecule has 0 fully saturated rings. The fourth-order valence-corrected chi connectivity index (χ4v) is 2.31. The van der Waals surface area contributed by atoms with Crippen molar-refractivity contribution < 1.29 is 4.52 Å². The van der Waals surface area contributed by atoms with Crippen LogP contribution in [0.5, 0.6) is 0 Å². The van der Waals surface area contributed by atoms with Crippen molar-refractivity contribution in [2.75, 3.05) is 0 Å². The third-order valence-corrected chi connectivity index (χ3v) is 3.07. The Kier molecular flexibility index (Phi) is 1.95. The highest BCUT2D eigenvalue weighted by Crippen LogP contribution is 2.31. The van der Waals surface area contributed by atoms with E-state index in [-0.39, 0.29) is 0 Å². The van der Waals surface area contributed by atoms with Crippen molar-refractivity contribution in [3.63, 3.8) is 0 Å². The second-order valence-corrected chi connectivity index (χ2v) is 4.19. The first kappa shape index (κ1) is 8.85. The van der Waals surface area contributed by atoms with Crippen molar-refractivity contribution in [3.05, 3.63) is 46.1 Å². The highest BCUT2D eigenvalue weighted by atomic mass is 32.1. The SMILES string of the molecule is S=c1nc(C2Cc3ccccc3C2)[nH]o1. The van der Waals surface area contributed by atoms with Gasteiger partial charge in [0.1, 0.15) is 5.82 Å². The van der Waals surface area contributed by atoms with Crippen molar-refractivity contribution in [1.82, 2.24) is 10.1 Å². The Morgan fingerprint density at radius 2 is 1.93 bits per heavy atom. The molecule has 1 aromatic heterocycles. The Balaban J connectivity index is 1.93. The number of hydrogen-bond donors (Lipinski definition) is 1. The average molecular weight is 218 g/mol. The van der Waals surface area contributed by atoms with Crippen molar-refractivity contribution in [2.45, 2.75) is 18.8 Å². The minimum Gasteiger partial charge on any atom is -0.348 e. The molecule has 1 aliphatic rings. The molecule has 1 heterocycles. The molecule has 1 aliphatic carbocycles. The lowest BCUT2D eigenvalue weighted by atomic mass is 10.1. The van der Waals surface area contributed by atoms with Gasteiger partial charge in [-0.1, -0.05) is 24.3 Å². The van der Waals surface area contributed by atoms with Crippen molar-refractivity contribution >= 4 is 12.2 Å². The predicted octanol–water partition coefficient (Wildman–Crippen LogP) is 2.61. The molecule has 15 heavy (non-hydrogen) atoms. The van der Waals surface area contributed by atoms with Gasteiger partial charge in [0.05, 0.1) is 0 Å². The summed E-state index contributed by atoms with van der Waals surface area (Å²) in [6, 6.07) is 8.49.